The van der Waals surface area contributed by atoms with E-state index in [1.165, 1.54) is 0 Å². The Morgan fingerprint density at radius 2 is 1.00 bits per heavy atom. The predicted octanol–water partition coefficient (Wildman–Crippen LogP) is -3.62. The van der Waals surface area contributed by atoms with Crippen LogP contribution in [0.4, 0.5) is 0 Å². The minimum atomic E-state index is -2.17. The SMILES string of the molecule is OB(O)O.[LiH].[SrH2].[Tb]. The summed E-state index contributed by atoms with van der Waals surface area (Å²) >= 11 is 0. The zero-order valence-corrected chi connectivity index (χ0v) is 4.39. The molecule has 0 atom stereocenters. The molecule has 0 aliphatic heterocycles. The van der Waals surface area contributed by atoms with Crippen molar-refractivity contribution in [1.29, 1.82) is 0 Å². The van der Waals surface area contributed by atoms with Gasteiger partial charge in [0.15, 0.2) is 0 Å². The molecule has 0 spiro atoms. The van der Waals surface area contributed by atoms with Gasteiger partial charge in [0.05, 0.1) is 0 Å². The van der Waals surface area contributed by atoms with Gasteiger partial charge in [0.2, 0.25) is 0 Å². The van der Waals surface area contributed by atoms with Crippen molar-refractivity contribution in [3.8, 4) is 0 Å². The van der Waals surface area contributed by atoms with Crippen molar-refractivity contribution in [3.63, 3.8) is 0 Å². The fourth-order valence-corrected chi connectivity index (χ4v) is 0. The van der Waals surface area contributed by atoms with Gasteiger partial charge in [-0.1, -0.05) is 0 Å². The van der Waals surface area contributed by atoms with Crippen LogP contribution in [0.1, 0.15) is 0 Å². The van der Waals surface area contributed by atoms with Gasteiger partial charge in [-0.25, -0.2) is 0 Å². The Kier molecular flexibility index (Phi) is 51.8. The summed E-state index contributed by atoms with van der Waals surface area (Å²) in [4.78, 5) is 0. The first-order valence-electron chi connectivity index (χ1n) is 0.775. The van der Waals surface area contributed by atoms with E-state index in [1.54, 1.807) is 0 Å². The summed E-state index contributed by atoms with van der Waals surface area (Å²) < 4.78 is 0. The largest absolute Gasteiger partial charge is 0 e. The van der Waals surface area contributed by atoms with E-state index >= 15 is 0 Å². The van der Waals surface area contributed by atoms with E-state index in [-0.39, 0.29) is 103 Å². The molecule has 0 unspecified atom stereocenters. The third kappa shape index (κ3) is 45.4. The van der Waals surface area contributed by atoms with Crippen molar-refractivity contribution in [3.05, 3.63) is 0 Å². The minimum Gasteiger partial charge on any atom is 0 e. The van der Waals surface area contributed by atoms with Crippen LogP contribution in [-0.4, -0.2) is 86.7 Å². The Morgan fingerprint density at radius 1 is 1.00 bits per heavy atom. The third-order valence-electron chi connectivity index (χ3n) is 0. The summed E-state index contributed by atoms with van der Waals surface area (Å²) in [6.07, 6.45) is 0. The van der Waals surface area contributed by atoms with Gasteiger partial charge in [0.25, 0.3) is 0 Å². The zero-order valence-electron chi connectivity index (χ0n) is 2.25. The molecule has 0 aromatic rings. The van der Waals surface area contributed by atoms with Crippen LogP contribution in [0.3, 0.4) is 0 Å². The maximum absolute atomic E-state index is 7.17. The molecular weight excluding hydrogens is 312 g/mol. The van der Waals surface area contributed by atoms with Gasteiger partial charge in [-0.2, -0.15) is 0 Å². The first-order valence-corrected chi connectivity index (χ1v) is 0.775. The molecule has 3 N–H and O–H groups in total. The van der Waals surface area contributed by atoms with E-state index in [1.807, 2.05) is 0 Å². The average molecular weight is 318 g/mol. The maximum atomic E-state index is 7.17. The Hall–Kier alpha value is 3.31. The van der Waals surface area contributed by atoms with Crippen LogP contribution in [0.15, 0.2) is 0 Å². The van der Waals surface area contributed by atoms with Crippen LogP contribution in [-0.2, 0) is 0 Å². The Bertz CT molecular complexity index is 19.7. The zero-order chi connectivity index (χ0) is 3.58. The molecule has 0 fully saturated rings. The predicted molar refractivity (Wildman–Crippen MR) is 28.1 cm³/mol. The summed E-state index contributed by atoms with van der Waals surface area (Å²) in [7, 11) is -2.17. The van der Waals surface area contributed by atoms with Crippen LogP contribution < -0.4 is 0 Å². The molecule has 0 rings (SSSR count). The molecule has 3 nitrogen and oxygen atoms in total. The van der Waals surface area contributed by atoms with Crippen LogP contribution in [0.25, 0.3) is 0 Å². The molecule has 1 radical (unpaired) electrons. The molecule has 7 heteroatoms. The van der Waals surface area contributed by atoms with Crippen LogP contribution in [0.5, 0.6) is 0 Å². The van der Waals surface area contributed by atoms with Crippen molar-refractivity contribution in [2.24, 2.45) is 0 Å². The Balaban J connectivity index is -0.0000000150. The van der Waals surface area contributed by atoms with E-state index in [4.69, 9.17) is 15.1 Å². The molecule has 0 heterocycles. The Labute approximate surface area is 122 Å². The molecule has 7 heavy (non-hydrogen) atoms. The number of rotatable bonds is 0. The second-order valence-corrected chi connectivity index (χ2v) is 0.346. The summed E-state index contributed by atoms with van der Waals surface area (Å²) in [5, 5.41) is 21.5. The van der Waals surface area contributed by atoms with Crippen LogP contribution in [0.2, 0.25) is 0 Å². The van der Waals surface area contributed by atoms with Crippen molar-refractivity contribution < 1.29 is 53.7 Å². The molecule has 0 aliphatic rings. The molecule has 0 aliphatic carbocycles. The normalized spacial score (nSPS) is 3.86. The van der Waals surface area contributed by atoms with Gasteiger partial charge in [-0.15, -0.1) is 0 Å². The molecule has 0 saturated carbocycles. The first kappa shape index (κ1) is 22.4. The third-order valence-corrected chi connectivity index (χ3v) is 0. The molecular formula is H6BLiO3SrTb. The summed E-state index contributed by atoms with van der Waals surface area (Å²) in [6.45, 7) is 0. The van der Waals surface area contributed by atoms with Crippen LogP contribution in [0, 0.1) is 38.6 Å². The number of hydrogen-bond acceptors (Lipinski definition) is 3. The van der Waals surface area contributed by atoms with Gasteiger partial charge in [-0.05, 0) is 0 Å². The second-order valence-electron chi connectivity index (χ2n) is 0.346. The summed E-state index contributed by atoms with van der Waals surface area (Å²) in [6, 6.07) is 0. The van der Waals surface area contributed by atoms with Crippen molar-refractivity contribution in [1.82, 2.24) is 0 Å². The monoisotopic (exact) mass is 319 g/mol. The average Bonchev–Trinajstić information content (AvgIpc) is 0.811. The second kappa shape index (κ2) is 16.1. The quantitative estimate of drug-likeness (QED) is 0.404. The van der Waals surface area contributed by atoms with Gasteiger partial charge in [-0.3, -0.25) is 0 Å². The first-order chi connectivity index (χ1) is 1.73. The topological polar surface area (TPSA) is 60.7 Å². The smallest absolute Gasteiger partial charge is 0 e. The van der Waals surface area contributed by atoms with Gasteiger partial charge in [0.1, 0.15) is 0 Å². The van der Waals surface area contributed by atoms with Crippen LogP contribution >= 0.6 is 0 Å². The molecule has 39 valence electrons. The van der Waals surface area contributed by atoms with E-state index < -0.39 is 7.32 Å². The maximum Gasteiger partial charge on any atom is 0 e. The fourth-order valence-electron chi connectivity index (χ4n) is 0. The standard InChI is InChI=1S/BH3O3.Li.Sr.Tb.3H/c2-1(3)4;;;;;;/h2-4H;;;;;;. The van der Waals surface area contributed by atoms with E-state index in [0.29, 0.717) is 0 Å². The van der Waals surface area contributed by atoms with E-state index in [0.717, 1.165) is 0 Å². The van der Waals surface area contributed by atoms with Gasteiger partial charge >= 0.3 is 71.7 Å². The minimum absolute atomic E-state index is 0. The van der Waals surface area contributed by atoms with Crippen molar-refractivity contribution in [2.75, 3.05) is 0 Å². The molecule has 0 aromatic heterocycles. The van der Waals surface area contributed by atoms with E-state index in [2.05, 4.69) is 0 Å². The Morgan fingerprint density at radius 3 is 1.00 bits per heavy atom. The molecule has 0 amide bonds. The van der Waals surface area contributed by atoms with Gasteiger partial charge in [0, 0.05) is 38.6 Å². The number of hydrogen-bond donors (Lipinski definition) is 3. The van der Waals surface area contributed by atoms with Crippen molar-refractivity contribution in [2.45, 2.75) is 0 Å². The van der Waals surface area contributed by atoms with Gasteiger partial charge < -0.3 is 15.1 Å². The fraction of sp³-hybridized carbons (Fsp3) is 0. The summed E-state index contributed by atoms with van der Waals surface area (Å²) in [5.41, 5.74) is 0. The van der Waals surface area contributed by atoms with E-state index in [9.17, 15) is 0 Å². The molecule has 0 saturated heterocycles. The van der Waals surface area contributed by atoms with Crippen molar-refractivity contribution >= 4 is 71.7 Å². The molecule has 0 aromatic carbocycles. The summed E-state index contributed by atoms with van der Waals surface area (Å²) in [5.74, 6) is 0. The molecule has 0 bridgehead atoms.